The van der Waals surface area contributed by atoms with Crippen LogP contribution in [-0.4, -0.2) is 64.6 Å². The van der Waals surface area contributed by atoms with Crippen molar-refractivity contribution in [3.8, 4) is 0 Å². The van der Waals surface area contributed by atoms with Gasteiger partial charge in [-0.05, 0) is 67.0 Å². The smallest absolute Gasteiger partial charge is 0.409 e. The fourth-order valence-corrected chi connectivity index (χ4v) is 5.36. The zero-order valence-electron chi connectivity index (χ0n) is 19.9. The molecule has 1 aliphatic carbocycles. The minimum atomic E-state index is -0.307. The first-order valence-electron chi connectivity index (χ1n) is 12.3. The van der Waals surface area contributed by atoms with Crippen molar-refractivity contribution in [2.45, 2.75) is 38.5 Å². The van der Waals surface area contributed by atoms with E-state index in [1.54, 1.807) is 9.80 Å². The van der Waals surface area contributed by atoms with E-state index in [0.717, 1.165) is 52.9 Å². The minimum absolute atomic E-state index is 0.0567. The Morgan fingerprint density at radius 1 is 1.09 bits per heavy atom. The Morgan fingerprint density at radius 3 is 2.57 bits per heavy atom. The number of nitrogens with zero attached hydrogens (tertiary/aromatic N) is 4. The van der Waals surface area contributed by atoms with Gasteiger partial charge in [0.15, 0.2) is 0 Å². The van der Waals surface area contributed by atoms with Crippen molar-refractivity contribution in [3.63, 3.8) is 0 Å². The van der Waals surface area contributed by atoms with Crippen LogP contribution in [0.2, 0.25) is 5.02 Å². The lowest BCUT2D eigenvalue weighted by Crippen LogP contribution is -2.50. The number of carbonyl (C=O) groups is 2. The van der Waals surface area contributed by atoms with E-state index in [2.05, 4.69) is 17.1 Å². The molecule has 1 atom stereocenters. The van der Waals surface area contributed by atoms with Gasteiger partial charge < -0.3 is 14.5 Å². The Kier molecular flexibility index (Phi) is 6.86. The van der Waals surface area contributed by atoms with Crippen LogP contribution in [0.25, 0.3) is 10.9 Å². The second-order valence-corrected chi connectivity index (χ2v) is 9.57. The molecule has 0 bridgehead atoms. The third-order valence-electron chi connectivity index (χ3n) is 6.96. The molecule has 35 heavy (non-hydrogen) atoms. The number of amides is 2. The van der Waals surface area contributed by atoms with E-state index in [1.807, 2.05) is 37.5 Å². The van der Waals surface area contributed by atoms with Gasteiger partial charge in [0.05, 0.1) is 17.1 Å². The summed E-state index contributed by atoms with van der Waals surface area (Å²) in [7, 11) is 0. The zero-order valence-corrected chi connectivity index (χ0v) is 20.6. The summed E-state index contributed by atoms with van der Waals surface area (Å²) < 4.78 is 5.21. The maximum atomic E-state index is 13.2. The van der Waals surface area contributed by atoms with Crippen molar-refractivity contribution < 1.29 is 14.3 Å². The van der Waals surface area contributed by atoms with Crippen LogP contribution in [0, 0.1) is 0 Å². The summed E-state index contributed by atoms with van der Waals surface area (Å²) in [5, 5.41) is 1.63. The van der Waals surface area contributed by atoms with Crippen LogP contribution in [0.15, 0.2) is 42.7 Å². The second-order valence-electron chi connectivity index (χ2n) is 9.20. The fourth-order valence-electron chi connectivity index (χ4n) is 5.00. The van der Waals surface area contributed by atoms with Crippen LogP contribution >= 0.6 is 11.6 Å². The Labute approximate surface area is 210 Å². The van der Waals surface area contributed by atoms with E-state index in [4.69, 9.17) is 21.3 Å². The van der Waals surface area contributed by atoms with Gasteiger partial charge in [0.25, 0.3) is 5.91 Å². The van der Waals surface area contributed by atoms with Crippen LogP contribution in [0.5, 0.6) is 0 Å². The first kappa shape index (κ1) is 23.5. The van der Waals surface area contributed by atoms with E-state index < -0.39 is 0 Å². The van der Waals surface area contributed by atoms with E-state index in [0.29, 0.717) is 44.3 Å². The molecule has 182 valence electrons. The standard InChI is InChI=1S/C27H29ClN4O3/c1-2-15-35-27(34)32-13-11-31(12-14-32)26(33)20-4-6-22-24(17-20)30-23-16-19(3-5-21(23)25(22)28)18-7-9-29-10-8-18/h4,6-10,17,19H,2-3,5,11-16H2,1H3. The normalized spacial score (nSPS) is 17.8. The molecule has 1 saturated heterocycles. The van der Waals surface area contributed by atoms with Gasteiger partial charge in [0.2, 0.25) is 0 Å². The minimum Gasteiger partial charge on any atom is -0.449 e. The quantitative estimate of drug-likeness (QED) is 0.520. The van der Waals surface area contributed by atoms with Gasteiger partial charge in [-0.3, -0.25) is 14.8 Å². The van der Waals surface area contributed by atoms with Crippen molar-refractivity contribution in [2.24, 2.45) is 0 Å². The molecule has 5 rings (SSSR count). The molecule has 0 saturated carbocycles. The molecule has 2 aliphatic rings. The van der Waals surface area contributed by atoms with Crippen LogP contribution in [0.4, 0.5) is 4.79 Å². The Hall–Kier alpha value is -3.19. The maximum Gasteiger partial charge on any atom is 0.409 e. The lowest BCUT2D eigenvalue weighted by molar-refractivity contribution is 0.0560. The number of benzene rings is 1. The largest absolute Gasteiger partial charge is 0.449 e. The number of fused-ring (bicyclic) bond motifs is 2. The van der Waals surface area contributed by atoms with Gasteiger partial charge >= 0.3 is 6.09 Å². The lowest BCUT2D eigenvalue weighted by atomic mass is 9.82. The van der Waals surface area contributed by atoms with Crippen molar-refractivity contribution in [3.05, 3.63) is 70.1 Å². The number of hydrogen-bond acceptors (Lipinski definition) is 5. The van der Waals surface area contributed by atoms with Crippen LogP contribution in [0.3, 0.4) is 0 Å². The Balaban J connectivity index is 1.33. The molecule has 1 aliphatic heterocycles. The molecule has 3 aromatic rings. The number of ether oxygens (including phenoxy) is 1. The highest BCUT2D eigenvalue weighted by Gasteiger charge is 2.27. The maximum absolute atomic E-state index is 13.2. The van der Waals surface area contributed by atoms with Gasteiger partial charge in [-0.1, -0.05) is 24.6 Å². The monoisotopic (exact) mass is 492 g/mol. The summed E-state index contributed by atoms with van der Waals surface area (Å²) in [5.74, 6) is 0.329. The molecule has 3 heterocycles. The fraction of sp³-hybridized carbons (Fsp3) is 0.407. The first-order valence-corrected chi connectivity index (χ1v) is 12.6. The summed E-state index contributed by atoms with van der Waals surface area (Å²) in [6.07, 6.45) is 6.88. The topological polar surface area (TPSA) is 75.6 Å². The van der Waals surface area contributed by atoms with Crippen LogP contribution < -0.4 is 0 Å². The molecule has 1 unspecified atom stereocenters. The molecule has 7 nitrogen and oxygen atoms in total. The summed E-state index contributed by atoms with van der Waals surface area (Å²) in [5.41, 5.74) is 4.74. The Bertz CT molecular complexity index is 1240. The summed E-state index contributed by atoms with van der Waals surface area (Å²) in [6, 6.07) is 9.72. The summed E-state index contributed by atoms with van der Waals surface area (Å²) in [4.78, 5) is 37.9. The molecule has 2 amide bonds. The Morgan fingerprint density at radius 2 is 1.83 bits per heavy atom. The van der Waals surface area contributed by atoms with Gasteiger partial charge in [-0.2, -0.15) is 0 Å². The molecule has 1 aromatic carbocycles. The summed E-state index contributed by atoms with van der Waals surface area (Å²) in [6.45, 7) is 4.27. The number of rotatable bonds is 4. The van der Waals surface area contributed by atoms with E-state index in [-0.39, 0.29) is 12.0 Å². The number of aromatic nitrogens is 2. The lowest BCUT2D eigenvalue weighted by Gasteiger charge is -2.34. The van der Waals surface area contributed by atoms with Gasteiger partial charge in [0.1, 0.15) is 0 Å². The zero-order chi connectivity index (χ0) is 24.4. The number of pyridine rings is 2. The van der Waals surface area contributed by atoms with E-state index in [1.165, 1.54) is 5.56 Å². The molecule has 2 aromatic heterocycles. The van der Waals surface area contributed by atoms with Crippen molar-refractivity contribution in [1.29, 1.82) is 0 Å². The highest BCUT2D eigenvalue weighted by molar-refractivity contribution is 6.36. The number of hydrogen-bond donors (Lipinski definition) is 0. The molecular formula is C27H29ClN4O3. The van der Waals surface area contributed by atoms with E-state index in [9.17, 15) is 9.59 Å². The van der Waals surface area contributed by atoms with Crippen LogP contribution in [0.1, 0.15) is 52.9 Å². The van der Waals surface area contributed by atoms with Crippen molar-refractivity contribution in [1.82, 2.24) is 19.8 Å². The average Bonchev–Trinajstić information content (AvgIpc) is 2.91. The van der Waals surface area contributed by atoms with Gasteiger partial charge in [-0.15, -0.1) is 0 Å². The van der Waals surface area contributed by atoms with Crippen LogP contribution in [-0.2, 0) is 17.6 Å². The SMILES string of the molecule is CCCOC(=O)N1CCN(C(=O)c2ccc3c(Cl)c4c(nc3c2)CC(c2ccncc2)CC4)CC1. The second kappa shape index (κ2) is 10.2. The highest BCUT2D eigenvalue weighted by atomic mass is 35.5. The van der Waals surface area contributed by atoms with E-state index >= 15 is 0 Å². The van der Waals surface area contributed by atoms with Crippen molar-refractivity contribution in [2.75, 3.05) is 32.8 Å². The number of carbonyl (C=O) groups excluding carboxylic acids is 2. The number of halogens is 1. The van der Waals surface area contributed by atoms with Gasteiger partial charge in [0, 0.05) is 55.2 Å². The average molecular weight is 493 g/mol. The predicted octanol–water partition coefficient (Wildman–Crippen LogP) is 4.86. The number of piperazine rings is 1. The third-order valence-corrected chi connectivity index (χ3v) is 7.40. The molecule has 0 N–H and O–H groups in total. The summed E-state index contributed by atoms with van der Waals surface area (Å²) >= 11 is 6.82. The highest BCUT2D eigenvalue weighted by Crippen LogP contribution is 2.38. The third kappa shape index (κ3) is 4.82. The van der Waals surface area contributed by atoms with Gasteiger partial charge in [-0.25, -0.2) is 4.79 Å². The molecule has 0 radical (unpaired) electrons. The molecule has 8 heteroatoms. The molecular weight excluding hydrogens is 464 g/mol. The molecule has 1 fully saturated rings. The van der Waals surface area contributed by atoms with Crippen molar-refractivity contribution >= 4 is 34.5 Å². The predicted molar refractivity (Wildman–Crippen MR) is 135 cm³/mol. The first-order chi connectivity index (χ1) is 17.0. The molecule has 0 spiro atoms.